The van der Waals surface area contributed by atoms with Crippen LogP contribution >= 0.6 is 11.8 Å². The van der Waals surface area contributed by atoms with Crippen LogP contribution in [-0.2, 0) is 5.75 Å². The Labute approximate surface area is 116 Å². The van der Waals surface area contributed by atoms with E-state index in [1.807, 2.05) is 12.3 Å². The van der Waals surface area contributed by atoms with E-state index in [4.69, 9.17) is 5.26 Å². The lowest BCUT2D eigenvalue weighted by Crippen LogP contribution is -1.95. The van der Waals surface area contributed by atoms with Crippen LogP contribution in [0.5, 0.6) is 0 Å². The minimum absolute atomic E-state index is 0.246. The van der Waals surface area contributed by atoms with Gasteiger partial charge >= 0.3 is 0 Å². The van der Waals surface area contributed by atoms with Gasteiger partial charge in [0.1, 0.15) is 5.82 Å². The Balaban J connectivity index is 1.88. The second-order valence-electron chi connectivity index (χ2n) is 4.04. The second kappa shape index (κ2) is 6.95. The van der Waals surface area contributed by atoms with Crippen molar-refractivity contribution in [2.45, 2.75) is 18.6 Å². The number of aromatic nitrogens is 2. The summed E-state index contributed by atoms with van der Waals surface area (Å²) < 4.78 is 14.6. The number of nitrogens with zero attached hydrogens (tertiary/aromatic N) is 3. The summed E-state index contributed by atoms with van der Waals surface area (Å²) >= 11 is 1.77. The third-order valence-electron chi connectivity index (χ3n) is 2.56. The van der Waals surface area contributed by atoms with Gasteiger partial charge in [-0.25, -0.2) is 9.07 Å². The van der Waals surface area contributed by atoms with Crippen LogP contribution < -0.4 is 0 Å². The normalized spacial score (nSPS) is 10.3. The molecule has 0 spiro atoms. The van der Waals surface area contributed by atoms with Crippen molar-refractivity contribution >= 4 is 11.8 Å². The fraction of sp³-hybridized carbons (Fsp3) is 0.286. The zero-order valence-electron chi connectivity index (χ0n) is 10.4. The third kappa shape index (κ3) is 4.11. The van der Waals surface area contributed by atoms with E-state index >= 15 is 0 Å². The number of hydrogen-bond acceptors (Lipinski definition) is 3. The first-order chi connectivity index (χ1) is 9.29. The van der Waals surface area contributed by atoms with E-state index in [2.05, 4.69) is 11.2 Å². The maximum atomic E-state index is 12.8. The largest absolute Gasteiger partial charge is 0.241 e. The number of nitriles is 1. The topological polar surface area (TPSA) is 41.6 Å². The van der Waals surface area contributed by atoms with Gasteiger partial charge in [-0.2, -0.15) is 22.1 Å². The summed E-state index contributed by atoms with van der Waals surface area (Å²) in [5.41, 5.74) is 1.84. The van der Waals surface area contributed by atoms with Crippen LogP contribution in [0.25, 0.3) is 5.69 Å². The Kier molecular flexibility index (Phi) is 4.99. The number of thioether (sulfide) groups is 1. The minimum atomic E-state index is -0.246. The van der Waals surface area contributed by atoms with Crippen LogP contribution in [0.15, 0.2) is 36.5 Å². The molecule has 19 heavy (non-hydrogen) atoms. The van der Waals surface area contributed by atoms with E-state index in [0.29, 0.717) is 6.42 Å². The van der Waals surface area contributed by atoms with Gasteiger partial charge in [0.25, 0.3) is 0 Å². The number of unbranched alkanes of at least 4 members (excludes halogenated alkanes) is 1. The third-order valence-corrected chi connectivity index (χ3v) is 3.64. The van der Waals surface area contributed by atoms with E-state index in [-0.39, 0.29) is 5.82 Å². The molecule has 0 amide bonds. The molecule has 0 radical (unpaired) electrons. The molecule has 0 saturated carbocycles. The summed E-state index contributed by atoms with van der Waals surface area (Å²) in [6.07, 6.45) is 3.40. The van der Waals surface area contributed by atoms with Gasteiger partial charge < -0.3 is 0 Å². The van der Waals surface area contributed by atoms with Gasteiger partial charge in [0, 0.05) is 18.4 Å². The first kappa shape index (κ1) is 13.6. The number of rotatable bonds is 6. The molecule has 0 atom stereocenters. The average Bonchev–Trinajstić information content (AvgIpc) is 2.88. The summed E-state index contributed by atoms with van der Waals surface area (Å²) in [5.74, 6) is 1.56. The number of hydrogen-bond donors (Lipinski definition) is 0. The molecule has 0 aliphatic heterocycles. The van der Waals surface area contributed by atoms with Crippen molar-refractivity contribution in [3.05, 3.63) is 48.0 Å². The summed E-state index contributed by atoms with van der Waals surface area (Å²) in [6.45, 7) is 0. The van der Waals surface area contributed by atoms with Gasteiger partial charge in [-0.05, 0) is 42.5 Å². The van der Waals surface area contributed by atoms with Crippen molar-refractivity contribution in [2.24, 2.45) is 0 Å². The predicted molar refractivity (Wildman–Crippen MR) is 74.5 cm³/mol. The van der Waals surface area contributed by atoms with Gasteiger partial charge in [0.05, 0.1) is 17.5 Å². The molecule has 2 aromatic rings. The van der Waals surface area contributed by atoms with E-state index in [1.165, 1.54) is 12.1 Å². The molecular formula is C14H14FN3S. The lowest BCUT2D eigenvalue weighted by molar-refractivity contribution is 0.627. The molecule has 0 fully saturated rings. The molecule has 98 valence electrons. The lowest BCUT2D eigenvalue weighted by Gasteiger charge is -2.00. The van der Waals surface area contributed by atoms with Gasteiger partial charge in [-0.3, -0.25) is 0 Å². The van der Waals surface area contributed by atoms with Crippen molar-refractivity contribution in [1.82, 2.24) is 9.78 Å². The molecule has 1 aromatic carbocycles. The standard InChI is InChI=1S/C14H14FN3S/c15-12-3-5-14(6-4-12)18-9-7-13(17-18)11-19-10-2-1-8-16/h3-7,9H,1-2,10-11H2. The number of halogens is 1. The Morgan fingerprint density at radius 2 is 2.05 bits per heavy atom. The summed E-state index contributed by atoms with van der Waals surface area (Å²) in [4.78, 5) is 0. The maximum Gasteiger partial charge on any atom is 0.123 e. The van der Waals surface area contributed by atoms with Crippen LogP contribution in [0.1, 0.15) is 18.5 Å². The SMILES string of the molecule is N#CCCCSCc1ccn(-c2ccc(F)cc2)n1. The smallest absolute Gasteiger partial charge is 0.123 e. The molecule has 0 bridgehead atoms. The van der Waals surface area contributed by atoms with E-state index in [9.17, 15) is 4.39 Å². The first-order valence-electron chi connectivity index (χ1n) is 6.05. The zero-order valence-corrected chi connectivity index (χ0v) is 11.2. The van der Waals surface area contributed by atoms with Gasteiger partial charge in [0.2, 0.25) is 0 Å². The van der Waals surface area contributed by atoms with Crippen molar-refractivity contribution in [1.29, 1.82) is 5.26 Å². The predicted octanol–water partition coefficient (Wildman–Crippen LogP) is 3.55. The highest BCUT2D eigenvalue weighted by Crippen LogP contribution is 2.14. The Morgan fingerprint density at radius 3 is 2.79 bits per heavy atom. The molecular weight excluding hydrogens is 261 g/mol. The minimum Gasteiger partial charge on any atom is -0.241 e. The highest BCUT2D eigenvalue weighted by molar-refractivity contribution is 7.98. The monoisotopic (exact) mass is 275 g/mol. The Morgan fingerprint density at radius 1 is 1.26 bits per heavy atom. The van der Waals surface area contributed by atoms with Crippen molar-refractivity contribution in [2.75, 3.05) is 5.75 Å². The second-order valence-corrected chi connectivity index (χ2v) is 5.15. The van der Waals surface area contributed by atoms with E-state index in [1.54, 1.807) is 28.6 Å². The Bertz CT molecular complexity index is 557. The molecule has 2 rings (SSSR count). The molecule has 0 aliphatic rings. The van der Waals surface area contributed by atoms with Gasteiger partial charge in [0.15, 0.2) is 0 Å². The molecule has 1 heterocycles. The molecule has 0 aliphatic carbocycles. The van der Waals surface area contributed by atoms with Crippen LogP contribution in [0.4, 0.5) is 4.39 Å². The summed E-state index contributed by atoms with van der Waals surface area (Å²) in [7, 11) is 0. The van der Waals surface area contributed by atoms with Crippen molar-refractivity contribution < 1.29 is 4.39 Å². The summed E-state index contributed by atoms with van der Waals surface area (Å²) in [5, 5.41) is 12.9. The van der Waals surface area contributed by atoms with Crippen molar-refractivity contribution in [3.63, 3.8) is 0 Å². The van der Waals surface area contributed by atoms with E-state index < -0.39 is 0 Å². The van der Waals surface area contributed by atoms with Crippen LogP contribution in [-0.4, -0.2) is 15.5 Å². The Hall–Kier alpha value is -1.80. The quantitative estimate of drug-likeness (QED) is 0.757. The molecule has 0 unspecified atom stereocenters. The lowest BCUT2D eigenvalue weighted by atomic mass is 10.3. The first-order valence-corrected chi connectivity index (χ1v) is 7.20. The molecule has 0 N–H and O–H groups in total. The molecule has 1 aromatic heterocycles. The van der Waals surface area contributed by atoms with Crippen LogP contribution in [0.2, 0.25) is 0 Å². The van der Waals surface area contributed by atoms with Crippen LogP contribution in [0.3, 0.4) is 0 Å². The van der Waals surface area contributed by atoms with E-state index in [0.717, 1.165) is 29.3 Å². The fourth-order valence-electron chi connectivity index (χ4n) is 1.61. The zero-order chi connectivity index (χ0) is 13.5. The van der Waals surface area contributed by atoms with Crippen molar-refractivity contribution in [3.8, 4) is 11.8 Å². The number of benzene rings is 1. The van der Waals surface area contributed by atoms with Gasteiger partial charge in [-0.15, -0.1) is 0 Å². The highest BCUT2D eigenvalue weighted by atomic mass is 32.2. The van der Waals surface area contributed by atoms with Gasteiger partial charge in [-0.1, -0.05) is 0 Å². The molecule has 3 nitrogen and oxygen atoms in total. The maximum absolute atomic E-state index is 12.8. The average molecular weight is 275 g/mol. The fourth-order valence-corrected chi connectivity index (χ4v) is 2.46. The summed E-state index contributed by atoms with van der Waals surface area (Å²) in [6, 6.07) is 10.3. The molecule has 0 saturated heterocycles. The highest BCUT2D eigenvalue weighted by Gasteiger charge is 2.01. The molecule has 5 heteroatoms. The van der Waals surface area contributed by atoms with Crippen LogP contribution in [0, 0.1) is 17.1 Å².